The normalized spacial score (nSPS) is 21.9. The van der Waals surface area contributed by atoms with Crippen LogP contribution in [0.15, 0.2) is 29.8 Å². The molecule has 2 aliphatic rings. The Morgan fingerprint density at radius 2 is 2.06 bits per heavy atom. The van der Waals surface area contributed by atoms with Gasteiger partial charge in [-0.3, -0.25) is 14.5 Å². The molecule has 10 heteroatoms. The highest BCUT2D eigenvalue weighted by atomic mass is 32.1. The Morgan fingerprint density at radius 3 is 2.77 bits per heavy atom. The van der Waals surface area contributed by atoms with Crippen molar-refractivity contribution in [1.29, 1.82) is 0 Å². The molecule has 2 unspecified atom stereocenters. The minimum Gasteiger partial charge on any atom is -0.481 e. The predicted octanol–water partition coefficient (Wildman–Crippen LogP) is 2.39. The summed E-state index contributed by atoms with van der Waals surface area (Å²) in [6, 6.07) is 5.81. The molecule has 1 saturated carbocycles. The molecule has 2 aromatic rings. The number of hydrogen-bond donors (Lipinski definition) is 2. The quantitative estimate of drug-likeness (QED) is 0.602. The van der Waals surface area contributed by atoms with Crippen molar-refractivity contribution in [2.45, 2.75) is 43.5 Å². The fourth-order valence-electron chi connectivity index (χ4n) is 3.91. The monoisotopic (exact) mass is 445 g/mol. The predicted molar refractivity (Wildman–Crippen MR) is 114 cm³/mol. The van der Waals surface area contributed by atoms with E-state index >= 15 is 0 Å². The number of piperidine rings is 1. The number of rotatable bonds is 8. The van der Waals surface area contributed by atoms with Crippen molar-refractivity contribution < 1.29 is 19.1 Å². The summed E-state index contributed by atoms with van der Waals surface area (Å²) in [6.45, 7) is 1.20. The van der Waals surface area contributed by atoms with E-state index < -0.39 is 12.0 Å². The number of ketones is 1. The topological polar surface area (TPSA) is 101 Å². The SMILES string of the molecule is O=C(O)CCn1nnnc1/C=C1/CN(C(C(=O)C2CC2)c2ccccc2F)CCC1S. The van der Waals surface area contributed by atoms with Crippen molar-refractivity contribution in [3.8, 4) is 0 Å². The number of benzene rings is 1. The zero-order valence-corrected chi connectivity index (χ0v) is 17.8. The van der Waals surface area contributed by atoms with Crippen LogP contribution in [0.4, 0.5) is 4.39 Å². The number of Topliss-reactive ketones (excluding diaryl/α,β-unsaturated/α-hetero) is 1. The van der Waals surface area contributed by atoms with Gasteiger partial charge in [-0.1, -0.05) is 18.2 Å². The number of aliphatic carboxylic acids is 1. The summed E-state index contributed by atoms with van der Waals surface area (Å²) in [6.07, 6.45) is 4.10. The van der Waals surface area contributed by atoms with Crippen LogP contribution in [-0.2, 0) is 16.1 Å². The van der Waals surface area contributed by atoms with E-state index in [2.05, 4.69) is 28.2 Å². The standard InChI is InChI=1S/C21H24FN5O3S/c22-16-4-2-1-3-15(16)20(21(30)13-5-6-13)26-9-7-17(31)14(12-26)11-18-23-24-25-27(18)10-8-19(28)29/h1-4,11,13,17,20,31H,5-10,12H2,(H,28,29)/b14-11-. The van der Waals surface area contributed by atoms with Gasteiger partial charge in [0.2, 0.25) is 0 Å². The van der Waals surface area contributed by atoms with E-state index in [1.807, 2.05) is 4.90 Å². The summed E-state index contributed by atoms with van der Waals surface area (Å²) in [5, 5.41) is 20.4. The first kappa shape index (κ1) is 21.6. The zero-order valence-electron chi connectivity index (χ0n) is 16.9. The molecular formula is C21H24FN5O3S. The van der Waals surface area contributed by atoms with Crippen LogP contribution in [0.2, 0.25) is 0 Å². The van der Waals surface area contributed by atoms with E-state index in [9.17, 15) is 14.0 Å². The van der Waals surface area contributed by atoms with Crippen LogP contribution in [-0.4, -0.2) is 60.3 Å². The number of carbonyl (C=O) groups excluding carboxylic acids is 1. The molecule has 0 amide bonds. The van der Waals surface area contributed by atoms with Gasteiger partial charge in [-0.2, -0.15) is 12.6 Å². The van der Waals surface area contributed by atoms with Gasteiger partial charge in [0.1, 0.15) is 5.82 Å². The van der Waals surface area contributed by atoms with Crippen LogP contribution >= 0.6 is 12.6 Å². The highest BCUT2D eigenvalue weighted by Crippen LogP contribution is 2.39. The van der Waals surface area contributed by atoms with Crippen molar-refractivity contribution in [2.24, 2.45) is 5.92 Å². The third-order valence-corrected chi connectivity index (χ3v) is 6.32. The van der Waals surface area contributed by atoms with E-state index in [1.165, 1.54) is 10.7 Å². The van der Waals surface area contributed by atoms with Crippen molar-refractivity contribution in [2.75, 3.05) is 13.1 Å². The number of tetrazole rings is 1. The van der Waals surface area contributed by atoms with Crippen LogP contribution < -0.4 is 0 Å². The molecule has 2 atom stereocenters. The molecule has 1 aromatic heterocycles. The number of carboxylic acids is 1. The highest BCUT2D eigenvalue weighted by molar-refractivity contribution is 7.81. The second-order valence-corrected chi connectivity index (χ2v) is 8.62. The molecule has 1 aliphatic heterocycles. The van der Waals surface area contributed by atoms with Crippen LogP contribution in [0.5, 0.6) is 0 Å². The van der Waals surface area contributed by atoms with Gasteiger partial charge in [-0.25, -0.2) is 9.07 Å². The molecule has 1 aromatic carbocycles. The Kier molecular flexibility index (Phi) is 6.47. The maximum Gasteiger partial charge on any atom is 0.305 e. The fraction of sp³-hybridized carbons (Fsp3) is 0.476. The number of halogens is 1. The number of aryl methyl sites for hydroxylation is 1. The Morgan fingerprint density at radius 1 is 1.29 bits per heavy atom. The molecule has 1 aliphatic carbocycles. The Balaban J connectivity index is 1.60. The molecule has 31 heavy (non-hydrogen) atoms. The Bertz CT molecular complexity index is 1010. The van der Waals surface area contributed by atoms with E-state index in [0.29, 0.717) is 30.9 Å². The zero-order chi connectivity index (χ0) is 22.0. The van der Waals surface area contributed by atoms with E-state index in [1.54, 1.807) is 24.3 Å². The van der Waals surface area contributed by atoms with Gasteiger partial charge in [0, 0.05) is 29.8 Å². The summed E-state index contributed by atoms with van der Waals surface area (Å²) in [7, 11) is 0. The Labute approximate surface area is 184 Å². The molecule has 2 fully saturated rings. The van der Waals surface area contributed by atoms with Crippen molar-refractivity contribution >= 4 is 30.5 Å². The lowest BCUT2D eigenvalue weighted by Gasteiger charge is -2.37. The van der Waals surface area contributed by atoms with Crippen LogP contribution in [0, 0.1) is 11.7 Å². The fourth-order valence-corrected chi connectivity index (χ4v) is 4.19. The van der Waals surface area contributed by atoms with E-state index in [4.69, 9.17) is 5.11 Å². The average Bonchev–Trinajstić information content (AvgIpc) is 3.50. The van der Waals surface area contributed by atoms with Gasteiger partial charge >= 0.3 is 5.97 Å². The number of carboxylic acid groups (broad SMARTS) is 1. The summed E-state index contributed by atoms with van der Waals surface area (Å²) in [4.78, 5) is 26.0. The van der Waals surface area contributed by atoms with Crippen molar-refractivity contribution in [1.82, 2.24) is 25.1 Å². The lowest BCUT2D eigenvalue weighted by molar-refractivity contribution is -0.137. The van der Waals surface area contributed by atoms with Gasteiger partial charge in [-0.05, 0) is 47.4 Å². The van der Waals surface area contributed by atoms with Gasteiger partial charge < -0.3 is 5.11 Å². The molecule has 1 saturated heterocycles. The second-order valence-electron chi connectivity index (χ2n) is 8.00. The molecule has 0 spiro atoms. The molecule has 4 rings (SSSR count). The lowest BCUT2D eigenvalue weighted by atomic mass is 9.93. The number of likely N-dealkylation sites (tertiary alicyclic amines) is 1. The maximum atomic E-state index is 14.6. The Hall–Kier alpha value is -2.59. The van der Waals surface area contributed by atoms with Gasteiger partial charge in [0.15, 0.2) is 11.6 Å². The van der Waals surface area contributed by atoms with E-state index in [-0.39, 0.29) is 35.7 Å². The second kappa shape index (κ2) is 9.27. The summed E-state index contributed by atoms with van der Waals surface area (Å²) in [5.74, 6) is -0.815. The molecule has 8 nitrogen and oxygen atoms in total. The molecular weight excluding hydrogens is 421 g/mol. The number of aromatic nitrogens is 4. The first-order valence-electron chi connectivity index (χ1n) is 10.3. The van der Waals surface area contributed by atoms with Crippen molar-refractivity contribution in [3.63, 3.8) is 0 Å². The smallest absolute Gasteiger partial charge is 0.305 e. The summed E-state index contributed by atoms with van der Waals surface area (Å²) < 4.78 is 16.1. The largest absolute Gasteiger partial charge is 0.481 e. The molecule has 2 heterocycles. The van der Waals surface area contributed by atoms with Crippen LogP contribution in [0.25, 0.3) is 6.08 Å². The first-order chi connectivity index (χ1) is 14.9. The number of carbonyl (C=O) groups is 2. The molecule has 0 bridgehead atoms. The lowest BCUT2D eigenvalue weighted by Crippen LogP contribution is -2.42. The number of hydrogen-bond acceptors (Lipinski definition) is 7. The highest BCUT2D eigenvalue weighted by Gasteiger charge is 2.40. The minimum absolute atomic E-state index is 0.00548. The molecule has 1 N–H and O–H groups in total. The summed E-state index contributed by atoms with van der Waals surface area (Å²) in [5.41, 5.74) is 1.31. The molecule has 0 radical (unpaired) electrons. The first-order valence-corrected chi connectivity index (χ1v) is 10.8. The number of thiol groups is 1. The summed E-state index contributed by atoms with van der Waals surface area (Å²) >= 11 is 4.68. The van der Waals surface area contributed by atoms with E-state index in [0.717, 1.165) is 18.4 Å². The maximum absolute atomic E-state index is 14.6. The van der Waals surface area contributed by atoms with Crippen LogP contribution in [0.1, 0.15) is 43.1 Å². The van der Waals surface area contributed by atoms with Gasteiger partial charge in [0.05, 0.1) is 19.0 Å². The third-order valence-electron chi connectivity index (χ3n) is 5.73. The third kappa shape index (κ3) is 5.01. The average molecular weight is 446 g/mol. The van der Waals surface area contributed by atoms with Crippen LogP contribution in [0.3, 0.4) is 0 Å². The minimum atomic E-state index is -0.934. The van der Waals surface area contributed by atoms with Gasteiger partial charge in [-0.15, -0.1) is 5.10 Å². The number of nitrogens with zero attached hydrogens (tertiary/aromatic N) is 5. The molecule has 164 valence electrons. The van der Waals surface area contributed by atoms with Crippen molar-refractivity contribution in [3.05, 3.63) is 47.0 Å². The van der Waals surface area contributed by atoms with Gasteiger partial charge in [0.25, 0.3) is 0 Å².